The van der Waals surface area contributed by atoms with Crippen LogP contribution in [0.2, 0.25) is 10.0 Å². The molecular weight excluding hydrogens is 319 g/mol. The van der Waals surface area contributed by atoms with E-state index < -0.39 is 0 Å². The first-order valence-corrected chi connectivity index (χ1v) is 7.51. The Hall–Kier alpha value is -1.14. The van der Waals surface area contributed by atoms with E-state index in [2.05, 4.69) is 5.32 Å². The third-order valence-electron chi connectivity index (χ3n) is 2.86. The van der Waals surface area contributed by atoms with Crippen molar-refractivity contribution in [3.05, 3.63) is 60.9 Å². The molecule has 4 nitrogen and oxygen atoms in total. The number of thiophene rings is 1. The lowest BCUT2D eigenvalue weighted by atomic mass is 10.1. The van der Waals surface area contributed by atoms with Gasteiger partial charge in [-0.05, 0) is 30.2 Å². The predicted octanol–water partition coefficient (Wildman–Crippen LogP) is 4.81. The Morgan fingerprint density at radius 1 is 1.40 bits per heavy atom. The van der Waals surface area contributed by atoms with Gasteiger partial charge >= 0.3 is 5.00 Å². The highest BCUT2D eigenvalue weighted by Gasteiger charge is 2.12. The Morgan fingerprint density at radius 3 is 2.75 bits per heavy atom. The summed E-state index contributed by atoms with van der Waals surface area (Å²) in [7, 11) is 0. The predicted molar refractivity (Wildman–Crippen MR) is 82.7 cm³/mol. The molecule has 0 fully saturated rings. The molecule has 1 N–H and O–H groups in total. The molecule has 1 heterocycles. The number of hydrogen-bond donors (Lipinski definition) is 1. The van der Waals surface area contributed by atoms with E-state index in [0.29, 0.717) is 16.6 Å². The smallest absolute Gasteiger partial charge is 0.306 e. The van der Waals surface area contributed by atoms with Crippen LogP contribution < -0.4 is 5.32 Å². The van der Waals surface area contributed by atoms with E-state index in [1.165, 1.54) is 0 Å². The zero-order valence-electron chi connectivity index (χ0n) is 10.6. The van der Waals surface area contributed by atoms with Crippen LogP contribution >= 0.6 is 34.5 Å². The summed E-state index contributed by atoms with van der Waals surface area (Å²) in [4.78, 5) is 10.2. The molecule has 0 saturated heterocycles. The average molecular weight is 331 g/mol. The molecule has 1 atom stereocenters. The Balaban J connectivity index is 2.00. The highest BCUT2D eigenvalue weighted by atomic mass is 35.5. The molecule has 106 valence electrons. The molecular formula is C13H12Cl2N2O2S. The second-order valence-electron chi connectivity index (χ2n) is 4.32. The second kappa shape index (κ2) is 6.54. The van der Waals surface area contributed by atoms with E-state index in [0.717, 1.165) is 22.5 Å². The zero-order chi connectivity index (χ0) is 14.7. The minimum atomic E-state index is -0.381. The fourth-order valence-electron chi connectivity index (χ4n) is 1.78. The van der Waals surface area contributed by atoms with Crippen LogP contribution in [-0.4, -0.2) is 4.92 Å². The summed E-state index contributed by atoms with van der Waals surface area (Å²) in [5.41, 5.74) is 1.83. The largest absolute Gasteiger partial charge is 0.324 e. The SMILES string of the molecule is CC(NCc1csc([N+](=O)[O-])c1)c1ccc(Cl)cc1Cl. The molecule has 0 amide bonds. The fourth-order valence-corrected chi connectivity index (χ4v) is 3.09. The van der Waals surface area contributed by atoms with Crippen LogP contribution in [0.15, 0.2) is 29.6 Å². The molecule has 0 aliphatic heterocycles. The molecule has 7 heteroatoms. The van der Waals surface area contributed by atoms with Gasteiger partial charge in [0.25, 0.3) is 0 Å². The molecule has 0 spiro atoms. The molecule has 1 aromatic heterocycles. The van der Waals surface area contributed by atoms with Gasteiger partial charge < -0.3 is 5.32 Å². The van der Waals surface area contributed by atoms with Crippen molar-refractivity contribution in [1.82, 2.24) is 5.32 Å². The van der Waals surface area contributed by atoms with Gasteiger partial charge in [0.1, 0.15) is 0 Å². The van der Waals surface area contributed by atoms with Crippen LogP contribution in [0.5, 0.6) is 0 Å². The number of nitro groups is 1. The van der Waals surface area contributed by atoms with Crippen molar-refractivity contribution in [3.63, 3.8) is 0 Å². The molecule has 0 bridgehead atoms. The van der Waals surface area contributed by atoms with E-state index in [4.69, 9.17) is 23.2 Å². The van der Waals surface area contributed by atoms with Gasteiger partial charge in [0, 0.05) is 34.1 Å². The molecule has 20 heavy (non-hydrogen) atoms. The number of benzene rings is 1. The molecule has 0 saturated carbocycles. The first kappa shape index (κ1) is 15.3. The lowest BCUT2D eigenvalue weighted by Gasteiger charge is -2.15. The molecule has 2 rings (SSSR count). The Labute approximate surface area is 130 Å². The molecule has 0 radical (unpaired) electrons. The van der Waals surface area contributed by atoms with Gasteiger partial charge in [-0.2, -0.15) is 0 Å². The van der Waals surface area contributed by atoms with Crippen molar-refractivity contribution < 1.29 is 4.92 Å². The Morgan fingerprint density at radius 2 is 2.15 bits per heavy atom. The monoisotopic (exact) mass is 330 g/mol. The van der Waals surface area contributed by atoms with Crippen molar-refractivity contribution in [3.8, 4) is 0 Å². The average Bonchev–Trinajstić information content (AvgIpc) is 2.85. The van der Waals surface area contributed by atoms with Crippen LogP contribution in [0.3, 0.4) is 0 Å². The van der Waals surface area contributed by atoms with Gasteiger partial charge in [0.15, 0.2) is 0 Å². The summed E-state index contributed by atoms with van der Waals surface area (Å²) in [6.45, 7) is 2.53. The summed E-state index contributed by atoms with van der Waals surface area (Å²) < 4.78 is 0. The number of rotatable bonds is 5. The lowest BCUT2D eigenvalue weighted by Crippen LogP contribution is -2.18. The van der Waals surface area contributed by atoms with Crippen LogP contribution in [0, 0.1) is 10.1 Å². The van der Waals surface area contributed by atoms with Gasteiger partial charge in [-0.25, -0.2) is 0 Å². The summed E-state index contributed by atoms with van der Waals surface area (Å²) in [6, 6.07) is 6.97. The Kier molecular flexibility index (Phi) is 4.99. The number of nitrogens with zero attached hydrogens (tertiary/aromatic N) is 1. The highest BCUT2D eigenvalue weighted by Crippen LogP contribution is 2.27. The highest BCUT2D eigenvalue weighted by molar-refractivity contribution is 7.13. The number of halogens is 2. The summed E-state index contributed by atoms with van der Waals surface area (Å²) in [5.74, 6) is 0. The zero-order valence-corrected chi connectivity index (χ0v) is 12.9. The fraction of sp³-hybridized carbons (Fsp3) is 0.231. The van der Waals surface area contributed by atoms with Crippen molar-refractivity contribution >= 4 is 39.5 Å². The maximum Gasteiger partial charge on any atom is 0.324 e. The van der Waals surface area contributed by atoms with E-state index in [1.54, 1.807) is 23.6 Å². The molecule has 1 unspecified atom stereocenters. The van der Waals surface area contributed by atoms with Crippen molar-refractivity contribution in [2.45, 2.75) is 19.5 Å². The summed E-state index contributed by atoms with van der Waals surface area (Å²) in [5, 5.41) is 17.0. The molecule has 0 aliphatic rings. The standard InChI is InChI=1S/C13H12Cl2N2O2S/c1-8(11-3-2-10(14)5-12(11)15)16-6-9-4-13(17(18)19)20-7-9/h2-5,7-8,16H,6H2,1H3. The lowest BCUT2D eigenvalue weighted by molar-refractivity contribution is -0.380. The first-order chi connectivity index (χ1) is 9.47. The minimum absolute atomic E-state index is 0.0266. The maximum atomic E-state index is 10.6. The van der Waals surface area contributed by atoms with Crippen LogP contribution in [0.1, 0.15) is 24.1 Å². The van der Waals surface area contributed by atoms with E-state index in [9.17, 15) is 10.1 Å². The van der Waals surface area contributed by atoms with Crippen molar-refractivity contribution in [2.24, 2.45) is 0 Å². The van der Waals surface area contributed by atoms with Gasteiger partial charge in [-0.15, -0.1) is 0 Å². The van der Waals surface area contributed by atoms with Crippen molar-refractivity contribution in [2.75, 3.05) is 0 Å². The van der Waals surface area contributed by atoms with E-state index >= 15 is 0 Å². The van der Waals surface area contributed by atoms with Crippen LogP contribution in [0.4, 0.5) is 5.00 Å². The maximum absolute atomic E-state index is 10.6. The van der Waals surface area contributed by atoms with Gasteiger partial charge in [0.05, 0.1) is 4.92 Å². The number of hydrogen-bond acceptors (Lipinski definition) is 4. The second-order valence-corrected chi connectivity index (χ2v) is 6.05. The van der Waals surface area contributed by atoms with Gasteiger partial charge in [-0.3, -0.25) is 10.1 Å². The van der Waals surface area contributed by atoms with E-state index in [-0.39, 0.29) is 16.0 Å². The van der Waals surface area contributed by atoms with E-state index in [1.807, 2.05) is 13.0 Å². The third kappa shape index (κ3) is 3.70. The molecule has 1 aromatic carbocycles. The van der Waals surface area contributed by atoms with Gasteiger partial charge in [-0.1, -0.05) is 40.6 Å². The summed E-state index contributed by atoms with van der Waals surface area (Å²) in [6.07, 6.45) is 0. The van der Waals surface area contributed by atoms with Gasteiger partial charge in [0.2, 0.25) is 0 Å². The van der Waals surface area contributed by atoms with Crippen LogP contribution in [0.25, 0.3) is 0 Å². The number of nitrogens with one attached hydrogen (secondary N) is 1. The molecule has 2 aromatic rings. The van der Waals surface area contributed by atoms with Crippen molar-refractivity contribution in [1.29, 1.82) is 0 Å². The first-order valence-electron chi connectivity index (χ1n) is 5.87. The minimum Gasteiger partial charge on any atom is -0.306 e. The normalized spacial score (nSPS) is 12.3. The summed E-state index contributed by atoms with van der Waals surface area (Å²) >= 11 is 13.1. The molecule has 0 aliphatic carbocycles. The topological polar surface area (TPSA) is 55.2 Å². The third-order valence-corrected chi connectivity index (χ3v) is 4.35. The Bertz CT molecular complexity index is 631. The van der Waals surface area contributed by atoms with Crippen LogP contribution in [-0.2, 0) is 6.54 Å². The quantitative estimate of drug-likeness (QED) is 0.632.